The molecule has 0 bridgehead atoms. The molecule has 0 saturated carbocycles. The van der Waals surface area contributed by atoms with Gasteiger partial charge in [0.15, 0.2) is 0 Å². The van der Waals surface area contributed by atoms with E-state index in [0.717, 1.165) is 5.56 Å². The van der Waals surface area contributed by atoms with Gasteiger partial charge in [-0.05, 0) is 24.6 Å². The van der Waals surface area contributed by atoms with Crippen molar-refractivity contribution in [3.63, 3.8) is 0 Å². The maximum Gasteiger partial charge on any atom is 0.234 e. The third kappa shape index (κ3) is 4.21. The Balaban J connectivity index is 1.83. The van der Waals surface area contributed by atoms with E-state index < -0.39 is 0 Å². The summed E-state index contributed by atoms with van der Waals surface area (Å²) in [7, 11) is 0. The fourth-order valence-corrected chi connectivity index (χ4v) is 2.60. The Bertz CT molecular complexity index is 524. The predicted molar refractivity (Wildman–Crippen MR) is 76.8 cm³/mol. The van der Waals surface area contributed by atoms with Crippen LogP contribution in [0.4, 0.5) is 10.1 Å². The van der Waals surface area contributed by atoms with E-state index in [-0.39, 0.29) is 28.9 Å². The molecule has 0 aliphatic carbocycles. The van der Waals surface area contributed by atoms with E-state index in [1.807, 2.05) is 0 Å². The number of halogens is 1. The Hall–Kier alpha value is -1.60. The number of carbonyl (C=O) groups is 2. The van der Waals surface area contributed by atoms with E-state index in [9.17, 15) is 14.0 Å². The molecule has 1 aromatic rings. The first-order chi connectivity index (χ1) is 9.54. The highest BCUT2D eigenvalue weighted by molar-refractivity contribution is 8.00. The van der Waals surface area contributed by atoms with Crippen LogP contribution in [0, 0.1) is 12.7 Å². The Labute approximate surface area is 120 Å². The van der Waals surface area contributed by atoms with Crippen LogP contribution in [0.2, 0.25) is 0 Å². The van der Waals surface area contributed by atoms with E-state index in [1.165, 1.54) is 23.9 Å². The van der Waals surface area contributed by atoms with Crippen molar-refractivity contribution >= 4 is 29.3 Å². The molecule has 2 amide bonds. The first-order valence-electron chi connectivity index (χ1n) is 6.25. The van der Waals surface area contributed by atoms with Crippen LogP contribution in [0.1, 0.15) is 12.0 Å². The molecule has 0 spiro atoms. The van der Waals surface area contributed by atoms with E-state index in [2.05, 4.69) is 16.0 Å². The fourth-order valence-electron chi connectivity index (χ4n) is 1.76. The highest BCUT2D eigenvalue weighted by atomic mass is 32.2. The lowest BCUT2D eigenvalue weighted by molar-refractivity contribution is -0.122. The highest BCUT2D eigenvalue weighted by Crippen LogP contribution is 2.17. The normalized spacial score (nSPS) is 18.5. The molecule has 1 aromatic carbocycles. The SMILES string of the molecule is Cc1ccc(F)cc1NC(=O)CSC1NCCC(=O)N1. The van der Waals surface area contributed by atoms with Gasteiger partial charge in [-0.1, -0.05) is 6.07 Å². The van der Waals surface area contributed by atoms with Gasteiger partial charge in [0, 0.05) is 18.7 Å². The maximum atomic E-state index is 13.1. The van der Waals surface area contributed by atoms with Crippen molar-refractivity contribution in [2.75, 3.05) is 17.6 Å². The summed E-state index contributed by atoms with van der Waals surface area (Å²) >= 11 is 1.29. The zero-order valence-corrected chi connectivity index (χ0v) is 11.8. The summed E-state index contributed by atoms with van der Waals surface area (Å²) in [5, 5.41) is 8.47. The van der Waals surface area contributed by atoms with E-state index >= 15 is 0 Å². The summed E-state index contributed by atoms with van der Waals surface area (Å²) in [4.78, 5) is 23.0. The molecule has 7 heteroatoms. The van der Waals surface area contributed by atoms with Crippen LogP contribution in [0.5, 0.6) is 0 Å². The molecule has 1 saturated heterocycles. The maximum absolute atomic E-state index is 13.1. The van der Waals surface area contributed by atoms with E-state index in [1.54, 1.807) is 13.0 Å². The minimum Gasteiger partial charge on any atom is -0.332 e. The lowest BCUT2D eigenvalue weighted by Gasteiger charge is -2.23. The summed E-state index contributed by atoms with van der Waals surface area (Å²) in [6.07, 6.45) is 0.450. The minimum absolute atomic E-state index is 0.0253. The Morgan fingerprint density at radius 2 is 2.35 bits per heavy atom. The topological polar surface area (TPSA) is 70.2 Å². The van der Waals surface area contributed by atoms with Crippen molar-refractivity contribution in [3.8, 4) is 0 Å². The number of carbonyl (C=O) groups excluding carboxylic acids is 2. The fraction of sp³-hybridized carbons (Fsp3) is 0.385. The van der Waals surface area contributed by atoms with Crippen LogP contribution in [-0.2, 0) is 9.59 Å². The molecular weight excluding hydrogens is 281 g/mol. The molecule has 20 heavy (non-hydrogen) atoms. The second-order valence-electron chi connectivity index (χ2n) is 4.47. The van der Waals surface area contributed by atoms with Crippen molar-refractivity contribution < 1.29 is 14.0 Å². The summed E-state index contributed by atoms with van der Waals surface area (Å²) in [6.45, 7) is 2.40. The van der Waals surface area contributed by atoms with Gasteiger partial charge in [-0.15, -0.1) is 11.8 Å². The number of hydrogen-bond acceptors (Lipinski definition) is 4. The van der Waals surface area contributed by atoms with Gasteiger partial charge >= 0.3 is 0 Å². The van der Waals surface area contributed by atoms with Gasteiger partial charge in [0.2, 0.25) is 11.8 Å². The Kier molecular flexibility index (Phi) is 4.97. The molecule has 1 aliphatic heterocycles. The molecule has 0 aromatic heterocycles. The van der Waals surface area contributed by atoms with Gasteiger partial charge in [0.25, 0.3) is 0 Å². The third-order valence-electron chi connectivity index (χ3n) is 2.83. The van der Waals surface area contributed by atoms with Gasteiger partial charge in [-0.3, -0.25) is 14.9 Å². The molecule has 5 nitrogen and oxygen atoms in total. The van der Waals surface area contributed by atoms with Gasteiger partial charge in [0.05, 0.1) is 5.75 Å². The third-order valence-corrected chi connectivity index (χ3v) is 3.88. The van der Waals surface area contributed by atoms with Crippen LogP contribution in [0.15, 0.2) is 18.2 Å². The van der Waals surface area contributed by atoms with E-state index in [0.29, 0.717) is 18.7 Å². The molecule has 2 rings (SSSR count). The molecule has 0 radical (unpaired) electrons. The molecule has 1 atom stereocenters. The summed E-state index contributed by atoms with van der Waals surface area (Å²) in [6, 6.07) is 4.25. The Morgan fingerprint density at radius 1 is 1.55 bits per heavy atom. The molecule has 1 heterocycles. The zero-order valence-electron chi connectivity index (χ0n) is 11.0. The number of anilines is 1. The van der Waals surface area contributed by atoms with Gasteiger partial charge < -0.3 is 10.6 Å². The van der Waals surface area contributed by atoms with Gasteiger partial charge in [-0.2, -0.15) is 0 Å². The van der Waals surface area contributed by atoms with Gasteiger partial charge in [-0.25, -0.2) is 4.39 Å². The standard InChI is InChI=1S/C13H16FN3O2S/c1-8-2-3-9(14)6-10(8)16-12(19)7-20-13-15-5-4-11(18)17-13/h2-3,6,13,15H,4-5,7H2,1H3,(H,16,19)(H,17,18). The van der Waals surface area contributed by atoms with Crippen LogP contribution in [0.3, 0.4) is 0 Å². The van der Waals surface area contributed by atoms with Crippen molar-refractivity contribution in [2.24, 2.45) is 0 Å². The molecule has 1 fully saturated rings. The number of amides is 2. The Morgan fingerprint density at radius 3 is 3.10 bits per heavy atom. The zero-order chi connectivity index (χ0) is 14.5. The minimum atomic E-state index is -0.389. The molecular formula is C13H16FN3O2S. The van der Waals surface area contributed by atoms with Crippen LogP contribution >= 0.6 is 11.8 Å². The number of hydrogen-bond donors (Lipinski definition) is 3. The second kappa shape index (κ2) is 6.71. The molecule has 108 valence electrons. The van der Waals surface area contributed by atoms with E-state index in [4.69, 9.17) is 0 Å². The van der Waals surface area contributed by atoms with Crippen molar-refractivity contribution in [1.29, 1.82) is 0 Å². The average molecular weight is 297 g/mol. The summed E-state index contributed by atoms with van der Waals surface area (Å²) in [5.41, 5.74) is 1.01. The second-order valence-corrected chi connectivity index (χ2v) is 5.56. The average Bonchev–Trinajstić information content (AvgIpc) is 2.41. The number of benzene rings is 1. The molecule has 3 N–H and O–H groups in total. The molecule has 1 aliphatic rings. The smallest absolute Gasteiger partial charge is 0.234 e. The van der Waals surface area contributed by atoms with Crippen molar-refractivity contribution in [1.82, 2.24) is 10.6 Å². The van der Waals surface area contributed by atoms with Crippen molar-refractivity contribution in [3.05, 3.63) is 29.6 Å². The lowest BCUT2D eigenvalue weighted by atomic mass is 10.2. The number of nitrogens with one attached hydrogen (secondary N) is 3. The lowest BCUT2D eigenvalue weighted by Crippen LogP contribution is -2.49. The number of aryl methyl sites for hydroxylation is 1. The molecule has 1 unspecified atom stereocenters. The highest BCUT2D eigenvalue weighted by Gasteiger charge is 2.18. The monoisotopic (exact) mass is 297 g/mol. The summed E-state index contributed by atoms with van der Waals surface area (Å²) < 4.78 is 13.1. The first-order valence-corrected chi connectivity index (χ1v) is 7.30. The van der Waals surface area contributed by atoms with Crippen molar-refractivity contribution in [2.45, 2.75) is 18.8 Å². The van der Waals surface area contributed by atoms with Crippen LogP contribution in [0.25, 0.3) is 0 Å². The largest absolute Gasteiger partial charge is 0.332 e. The quantitative estimate of drug-likeness (QED) is 0.781. The number of thioether (sulfide) groups is 1. The first kappa shape index (κ1) is 14.8. The van der Waals surface area contributed by atoms with Gasteiger partial charge in [0.1, 0.15) is 11.3 Å². The summed E-state index contributed by atoms with van der Waals surface area (Å²) in [5.74, 6) is -0.471. The predicted octanol–water partition coefficient (Wildman–Crippen LogP) is 1.20. The van der Waals surface area contributed by atoms with Crippen LogP contribution in [-0.4, -0.2) is 29.6 Å². The van der Waals surface area contributed by atoms with Crippen LogP contribution < -0.4 is 16.0 Å². The number of rotatable bonds is 4.